The van der Waals surface area contributed by atoms with Crippen LogP contribution >= 0.6 is 55.5 Å². The molecule has 17 heteroatoms. The summed E-state index contributed by atoms with van der Waals surface area (Å²) in [6.45, 7) is 0. The van der Waals surface area contributed by atoms with Crippen LogP contribution in [0.2, 0.25) is 0 Å². The first-order valence-corrected chi connectivity index (χ1v) is 17.9. The van der Waals surface area contributed by atoms with Crippen LogP contribution in [-0.2, 0) is 37.1 Å². The molecule has 4 amide bonds. The SMILES string of the molecule is O=C(CCSSC1C=CC=CN1N1C(=O)CCC1=O)OSOC(=O)CCSSC1C=CC=CN1N1C(=O)CCC1=O. The molecule has 2 atom stereocenters. The minimum atomic E-state index is -0.551. The molecule has 4 aliphatic rings. The van der Waals surface area contributed by atoms with Crippen molar-refractivity contribution < 1.29 is 37.1 Å². The van der Waals surface area contributed by atoms with Crippen molar-refractivity contribution in [3.8, 4) is 0 Å². The molecule has 4 aliphatic heterocycles. The van der Waals surface area contributed by atoms with E-state index in [2.05, 4.69) is 0 Å². The molecule has 2 fully saturated rings. The zero-order chi connectivity index (χ0) is 29.2. The fraction of sp³-hybridized carbons (Fsp3) is 0.417. The van der Waals surface area contributed by atoms with Gasteiger partial charge in [0, 0.05) is 49.6 Å². The lowest BCUT2D eigenvalue weighted by atomic mass is 10.4. The molecular formula is C24H26N4O8S5. The Morgan fingerprint density at radius 1 is 0.659 bits per heavy atom. The number of carbonyl (C=O) groups excluding carboxylic acids is 6. The number of nitrogens with zero attached hydrogens (tertiary/aromatic N) is 4. The Morgan fingerprint density at radius 2 is 1.05 bits per heavy atom. The van der Waals surface area contributed by atoms with Crippen LogP contribution in [0.3, 0.4) is 0 Å². The topological polar surface area (TPSA) is 134 Å². The first-order chi connectivity index (χ1) is 19.8. The number of hydrazine groups is 2. The lowest BCUT2D eigenvalue weighted by Gasteiger charge is -2.35. The zero-order valence-corrected chi connectivity index (χ0v) is 25.6. The Labute approximate surface area is 256 Å². The lowest BCUT2D eigenvalue weighted by Crippen LogP contribution is -2.47. The van der Waals surface area contributed by atoms with Gasteiger partial charge in [0.05, 0.1) is 12.8 Å². The average Bonchev–Trinajstić information content (AvgIpc) is 3.48. The molecule has 0 aromatic heterocycles. The van der Waals surface area contributed by atoms with Gasteiger partial charge in [0.2, 0.25) is 23.6 Å². The van der Waals surface area contributed by atoms with Crippen molar-refractivity contribution >= 4 is 91.1 Å². The number of rotatable bonds is 14. The summed E-state index contributed by atoms with van der Waals surface area (Å²) < 4.78 is 9.80. The van der Waals surface area contributed by atoms with Crippen LogP contribution in [-0.4, -0.2) is 77.9 Å². The van der Waals surface area contributed by atoms with Gasteiger partial charge in [-0.25, -0.2) is 0 Å². The molecule has 220 valence electrons. The van der Waals surface area contributed by atoms with E-state index in [0.29, 0.717) is 23.8 Å². The average molecular weight is 659 g/mol. The highest BCUT2D eigenvalue weighted by Gasteiger charge is 2.37. The molecule has 0 radical (unpaired) electrons. The molecule has 4 heterocycles. The van der Waals surface area contributed by atoms with Gasteiger partial charge in [0.15, 0.2) is 0 Å². The highest BCUT2D eigenvalue weighted by molar-refractivity contribution is 8.77. The third-order valence-electron chi connectivity index (χ3n) is 5.65. The first kappa shape index (κ1) is 31.5. The van der Waals surface area contributed by atoms with Gasteiger partial charge in [-0.2, -0.15) is 10.0 Å². The van der Waals surface area contributed by atoms with Crippen molar-refractivity contribution in [1.82, 2.24) is 20.0 Å². The van der Waals surface area contributed by atoms with Crippen molar-refractivity contribution in [2.24, 2.45) is 0 Å². The number of amides is 4. The van der Waals surface area contributed by atoms with Gasteiger partial charge < -0.3 is 8.37 Å². The van der Waals surface area contributed by atoms with Gasteiger partial charge in [-0.15, -0.1) is 0 Å². The Morgan fingerprint density at radius 3 is 1.44 bits per heavy atom. The van der Waals surface area contributed by atoms with Gasteiger partial charge in [0.1, 0.15) is 10.7 Å². The van der Waals surface area contributed by atoms with Crippen LogP contribution < -0.4 is 0 Å². The number of carbonyl (C=O) groups is 6. The molecule has 0 spiro atoms. The summed E-state index contributed by atoms with van der Waals surface area (Å²) in [6, 6.07) is 0. The molecule has 2 saturated heterocycles. The minimum absolute atomic E-state index is 0.0738. The summed E-state index contributed by atoms with van der Waals surface area (Å²) in [4.78, 5) is 72.3. The first-order valence-electron chi connectivity index (χ1n) is 12.5. The molecule has 2 unspecified atom stereocenters. The van der Waals surface area contributed by atoms with Crippen molar-refractivity contribution in [3.05, 3.63) is 48.9 Å². The van der Waals surface area contributed by atoms with E-state index < -0.39 is 11.9 Å². The maximum atomic E-state index is 12.1. The lowest BCUT2D eigenvalue weighted by molar-refractivity contribution is -0.154. The monoisotopic (exact) mass is 658 g/mol. The van der Waals surface area contributed by atoms with Gasteiger partial charge >= 0.3 is 11.9 Å². The Kier molecular flexibility index (Phi) is 12.0. The number of hydrogen-bond donors (Lipinski definition) is 0. The molecule has 41 heavy (non-hydrogen) atoms. The van der Waals surface area contributed by atoms with Gasteiger partial charge in [0.25, 0.3) is 12.3 Å². The fourth-order valence-corrected chi connectivity index (χ4v) is 8.73. The summed E-state index contributed by atoms with van der Waals surface area (Å²) >= 11 is 0.325. The van der Waals surface area contributed by atoms with Crippen LogP contribution in [0.1, 0.15) is 38.5 Å². The summed E-state index contributed by atoms with van der Waals surface area (Å²) in [7, 11) is 5.59. The summed E-state index contributed by atoms with van der Waals surface area (Å²) in [5, 5.41) is 4.94. The summed E-state index contributed by atoms with van der Waals surface area (Å²) in [5.41, 5.74) is 0. The van der Waals surface area contributed by atoms with E-state index >= 15 is 0 Å². The van der Waals surface area contributed by atoms with E-state index in [1.807, 2.05) is 24.3 Å². The van der Waals surface area contributed by atoms with E-state index in [9.17, 15) is 28.8 Å². The molecule has 12 nitrogen and oxygen atoms in total. The smallest absolute Gasteiger partial charge is 0.321 e. The maximum absolute atomic E-state index is 12.1. The molecule has 0 aromatic carbocycles. The molecule has 0 bridgehead atoms. The molecule has 0 aromatic rings. The van der Waals surface area contributed by atoms with Crippen molar-refractivity contribution in [3.63, 3.8) is 0 Å². The van der Waals surface area contributed by atoms with Crippen molar-refractivity contribution in [2.75, 3.05) is 11.5 Å². The standard InChI is InChI=1S/C24H26N4O8S5/c29-17-7-8-18(30)27(17)25-13-3-1-5-21(25)39-37-15-11-23(33)35-41-36-24(34)12-16-38-40-22-6-2-4-14-26(22)28-19(31)9-10-20(28)32/h1-6,13-14,21-22H,7-12,15-16H2. The summed E-state index contributed by atoms with van der Waals surface area (Å²) in [6.07, 6.45) is 15.1. The minimum Gasteiger partial charge on any atom is -0.355 e. The van der Waals surface area contributed by atoms with E-state index in [-0.39, 0.29) is 72.9 Å². The van der Waals surface area contributed by atoms with E-state index in [0.717, 1.165) is 10.0 Å². The normalized spacial score (nSPS) is 22.0. The van der Waals surface area contributed by atoms with E-state index in [1.54, 1.807) is 34.6 Å². The van der Waals surface area contributed by atoms with E-state index in [4.69, 9.17) is 8.37 Å². The van der Waals surface area contributed by atoms with Crippen molar-refractivity contribution in [1.29, 1.82) is 0 Å². The predicted molar refractivity (Wildman–Crippen MR) is 159 cm³/mol. The second kappa shape index (κ2) is 15.7. The highest BCUT2D eigenvalue weighted by Crippen LogP contribution is 2.36. The largest absolute Gasteiger partial charge is 0.355 e. The number of allylic oxidation sites excluding steroid dienone is 4. The molecule has 0 saturated carbocycles. The Balaban J connectivity index is 1.05. The van der Waals surface area contributed by atoms with Crippen LogP contribution in [0.4, 0.5) is 0 Å². The van der Waals surface area contributed by atoms with Crippen LogP contribution in [0.5, 0.6) is 0 Å². The van der Waals surface area contributed by atoms with Gasteiger partial charge in [-0.05, 0) is 24.3 Å². The maximum Gasteiger partial charge on any atom is 0.321 e. The third kappa shape index (κ3) is 8.76. The number of imide groups is 2. The van der Waals surface area contributed by atoms with Crippen LogP contribution in [0, 0.1) is 0 Å². The van der Waals surface area contributed by atoms with E-state index in [1.165, 1.54) is 43.2 Å². The molecule has 4 rings (SSSR count). The second-order valence-corrected chi connectivity index (χ2v) is 14.2. The van der Waals surface area contributed by atoms with Crippen LogP contribution in [0.25, 0.3) is 0 Å². The molecular weight excluding hydrogens is 633 g/mol. The van der Waals surface area contributed by atoms with Crippen LogP contribution in [0.15, 0.2) is 48.9 Å². The molecule has 0 N–H and O–H groups in total. The highest BCUT2D eigenvalue weighted by atomic mass is 33.1. The summed E-state index contributed by atoms with van der Waals surface area (Å²) in [5.74, 6) is -1.24. The zero-order valence-electron chi connectivity index (χ0n) is 21.5. The second-order valence-electron chi connectivity index (χ2n) is 8.51. The van der Waals surface area contributed by atoms with Gasteiger partial charge in [-0.3, -0.25) is 38.8 Å². The van der Waals surface area contributed by atoms with Crippen molar-refractivity contribution in [2.45, 2.75) is 49.3 Å². The number of hydrogen-bond acceptors (Lipinski definition) is 15. The van der Waals surface area contributed by atoms with Gasteiger partial charge in [-0.1, -0.05) is 55.3 Å². The quantitative estimate of drug-likeness (QED) is 0.116. The fourth-order valence-electron chi connectivity index (χ4n) is 3.76. The Hall–Kier alpha value is -2.47. The Bertz CT molecular complexity index is 1060. The predicted octanol–water partition coefficient (Wildman–Crippen LogP) is 3.73. The molecule has 0 aliphatic carbocycles. The third-order valence-corrected chi connectivity index (χ3v) is 11.3.